The van der Waals surface area contributed by atoms with E-state index < -0.39 is 21.8 Å². The monoisotopic (exact) mass is 394 g/mol. The Morgan fingerprint density at radius 2 is 2.07 bits per heavy atom. The third-order valence-electron chi connectivity index (χ3n) is 4.68. The number of rotatable bonds is 6. The number of nitrogens with zero attached hydrogens (tertiary/aromatic N) is 3. The second-order valence-corrected chi connectivity index (χ2v) is 8.52. The van der Waals surface area contributed by atoms with E-state index >= 15 is 0 Å². The summed E-state index contributed by atoms with van der Waals surface area (Å²) in [6.07, 6.45) is 4.81. The molecule has 0 radical (unpaired) electrons. The first-order chi connectivity index (χ1) is 12.9. The van der Waals surface area contributed by atoms with Crippen LogP contribution in [0.5, 0.6) is 0 Å². The Kier molecular flexibility index (Phi) is 5.91. The lowest BCUT2D eigenvalue weighted by Gasteiger charge is -2.31. The van der Waals surface area contributed by atoms with Gasteiger partial charge in [-0.3, -0.25) is 9.48 Å². The molecular formula is C18H23FN4O3S. The summed E-state index contributed by atoms with van der Waals surface area (Å²) in [4.78, 5) is 12.5. The molecule has 0 aliphatic carbocycles. The van der Waals surface area contributed by atoms with E-state index in [1.807, 2.05) is 13.1 Å². The Morgan fingerprint density at radius 3 is 2.74 bits per heavy atom. The third kappa shape index (κ3) is 4.54. The van der Waals surface area contributed by atoms with E-state index in [9.17, 15) is 17.6 Å². The largest absolute Gasteiger partial charge is 0.352 e. The zero-order chi connectivity index (χ0) is 19.4. The van der Waals surface area contributed by atoms with Gasteiger partial charge in [0.1, 0.15) is 5.82 Å². The standard InChI is InChI=1S/C18H23FN4O3S/c1-2-22-12-14(11-21-22)10-20-18(24)15-4-3-9-23(13-15)27(25,26)17-7-5-16(19)6-8-17/h5-8,11-12,15H,2-4,9-10,13H2,1H3,(H,20,24)/t15-/m1/s1. The van der Waals surface area contributed by atoms with E-state index in [2.05, 4.69) is 10.4 Å². The Labute approximate surface area is 158 Å². The maximum absolute atomic E-state index is 13.1. The fourth-order valence-electron chi connectivity index (χ4n) is 3.13. The summed E-state index contributed by atoms with van der Waals surface area (Å²) in [6.45, 7) is 3.58. The van der Waals surface area contributed by atoms with Crippen molar-refractivity contribution in [3.05, 3.63) is 48.0 Å². The normalized spacial score (nSPS) is 18.4. The number of hydrogen-bond donors (Lipinski definition) is 1. The first-order valence-electron chi connectivity index (χ1n) is 8.95. The molecule has 0 spiro atoms. The van der Waals surface area contributed by atoms with Crippen LogP contribution in [0.1, 0.15) is 25.3 Å². The van der Waals surface area contributed by atoms with Crippen molar-refractivity contribution in [1.82, 2.24) is 19.4 Å². The average Bonchev–Trinajstić information content (AvgIpc) is 3.14. The fourth-order valence-corrected chi connectivity index (χ4v) is 4.66. The minimum Gasteiger partial charge on any atom is -0.352 e. The summed E-state index contributed by atoms with van der Waals surface area (Å²) in [5, 5.41) is 7.02. The molecule has 3 rings (SSSR count). The number of aryl methyl sites for hydroxylation is 1. The molecule has 2 heterocycles. The van der Waals surface area contributed by atoms with Crippen LogP contribution >= 0.6 is 0 Å². The molecule has 0 unspecified atom stereocenters. The van der Waals surface area contributed by atoms with Gasteiger partial charge in [-0.2, -0.15) is 9.40 Å². The summed E-state index contributed by atoms with van der Waals surface area (Å²) < 4.78 is 41.6. The van der Waals surface area contributed by atoms with Gasteiger partial charge >= 0.3 is 0 Å². The van der Waals surface area contributed by atoms with Crippen molar-refractivity contribution >= 4 is 15.9 Å². The molecule has 2 aromatic rings. The third-order valence-corrected chi connectivity index (χ3v) is 6.56. The number of hydrogen-bond acceptors (Lipinski definition) is 4. The topological polar surface area (TPSA) is 84.3 Å². The highest BCUT2D eigenvalue weighted by Gasteiger charge is 2.33. The van der Waals surface area contributed by atoms with Gasteiger partial charge in [0.15, 0.2) is 0 Å². The summed E-state index contributed by atoms with van der Waals surface area (Å²) in [6, 6.07) is 4.74. The first-order valence-corrected chi connectivity index (χ1v) is 10.4. The van der Waals surface area contributed by atoms with Crippen LogP contribution in [-0.4, -0.2) is 41.5 Å². The minimum atomic E-state index is -3.74. The lowest BCUT2D eigenvalue weighted by Crippen LogP contribution is -2.45. The van der Waals surface area contributed by atoms with Gasteiger partial charge in [-0.15, -0.1) is 0 Å². The number of halogens is 1. The van der Waals surface area contributed by atoms with Crippen molar-refractivity contribution in [3.8, 4) is 0 Å². The van der Waals surface area contributed by atoms with E-state index in [-0.39, 0.29) is 17.3 Å². The lowest BCUT2D eigenvalue weighted by molar-refractivity contribution is -0.126. The number of carbonyl (C=O) groups is 1. The Morgan fingerprint density at radius 1 is 1.33 bits per heavy atom. The molecule has 0 bridgehead atoms. The predicted octanol–water partition coefficient (Wildman–Crippen LogP) is 1.76. The quantitative estimate of drug-likeness (QED) is 0.809. The van der Waals surface area contributed by atoms with Crippen LogP contribution in [0.25, 0.3) is 0 Å². The van der Waals surface area contributed by atoms with Gasteiger partial charge in [0, 0.05) is 37.9 Å². The number of aromatic nitrogens is 2. The summed E-state index contributed by atoms with van der Waals surface area (Å²) in [5.41, 5.74) is 0.900. The van der Waals surface area contributed by atoms with Crippen molar-refractivity contribution in [1.29, 1.82) is 0 Å². The Hall–Kier alpha value is -2.26. The molecule has 7 nitrogen and oxygen atoms in total. The molecular weight excluding hydrogens is 371 g/mol. The summed E-state index contributed by atoms with van der Waals surface area (Å²) in [5.74, 6) is -1.07. The SMILES string of the molecule is CCn1cc(CNC(=O)[C@@H]2CCCN(S(=O)(=O)c3ccc(F)cc3)C2)cn1. The van der Waals surface area contributed by atoms with Crippen molar-refractivity contribution in [2.24, 2.45) is 5.92 Å². The van der Waals surface area contributed by atoms with Crippen molar-refractivity contribution in [2.75, 3.05) is 13.1 Å². The van der Waals surface area contributed by atoms with Gasteiger partial charge in [-0.05, 0) is 44.0 Å². The highest BCUT2D eigenvalue weighted by atomic mass is 32.2. The minimum absolute atomic E-state index is 0.0388. The van der Waals surface area contributed by atoms with Crippen LogP contribution in [0.4, 0.5) is 4.39 Å². The predicted molar refractivity (Wildman–Crippen MR) is 97.6 cm³/mol. The van der Waals surface area contributed by atoms with Crippen molar-refractivity contribution in [3.63, 3.8) is 0 Å². The van der Waals surface area contributed by atoms with Crippen LogP contribution in [0.15, 0.2) is 41.6 Å². The molecule has 1 fully saturated rings. The molecule has 1 aliphatic heterocycles. The van der Waals surface area contributed by atoms with Gasteiger partial charge in [-0.25, -0.2) is 12.8 Å². The van der Waals surface area contributed by atoms with E-state index in [1.165, 1.54) is 16.4 Å². The van der Waals surface area contributed by atoms with Crippen LogP contribution in [-0.2, 0) is 27.9 Å². The van der Waals surface area contributed by atoms with Gasteiger partial charge in [0.05, 0.1) is 17.0 Å². The maximum atomic E-state index is 13.1. The average molecular weight is 394 g/mol. The second-order valence-electron chi connectivity index (χ2n) is 6.58. The van der Waals surface area contributed by atoms with Crippen LogP contribution in [0.2, 0.25) is 0 Å². The summed E-state index contributed by atoms with van der Waals surface area (Å²) in [7, 11) is -3.74. The van der Waals surface area contributed by atoms with Gasteiger partial charge < -0.3 is 5.32 Å². The Bertz CT molecular complexity index is 896. The highest BCUT2D eigenvalue weighted by molar-refractivity contribution is 7.89. The fraction of sp³-hybridized carbons (Fsp3) is 0.444. The van der Waals surface area contributed by atoms with Crippen molar-refractivity contribution < 1.29 is 17.6 Å². The van der Waals surface area contributed by atoms with E-state index in [0.29, 0.717) is 25.9 Å². The molecule has 0 saturated carbocycles. The number of carbonyl (C=O) groups excluding carboxylic acids is 1. The van der Waals surface area contributed by atoms with Crippen molar-refractivity contribution in [2.45, 2.75) is 37.8 Å². The number of nitrogens with one attached hydrogen (secondary N) is 1. The molecule has 27 heavy (non-hydrogen) atoms. The highest BCUT2D eigenvalue weighted by Crippen LogP contribution is 2.24. The molecule has 9 heteroatoms. The molecule has 1 N–H and O–H groups in total. The van der Waals surface area contributed by atoms with Crippen LogP contribution in [0, 0.1) is 11.7 Å². The maximum Gasteiger partial charge on any atom is 0.243 e. The van der Waals surface area contributed by atoms with Gasteiger partial charge in [0.2, 0.25) is 15.9 Å². The molecule has 1 aromatic carbocycles. The first kappa shape index (κ1) is 19.5. The van der Waals surface area contributed by atoms with Crippen LogP contribution in [0.3, 0.4) is 0 Å². The zero-order valence-electron chi connectivity index (χ0n) is 15.1. The molecule has 1 amide bonds. The molecule has 1 saturated heterocycles. The number of sulfonamides is 1. The van der Waals surface area contributed by atoms with E-state index in [1.54, 1.807) is 10.9 Å². The Balaban J connectivity index is 1.62. The molecule has 1 aliphatic rings. The number of benzene rings is 1. The smallest absolute Gasteiger partial charge is 0.243 e. The number of piperidine rings is 1. The second kappa shape index (κ2) is 8.18. The lowest BCUT2D eigenvalue weighted by atomic mass is 9.99. The molecule has 1 aromatic heterocycles. The van der Waals surface area contributed by atoms with E-state index in [4.69, 9.17) is 0 Å². The van der Waals surface area contributed by atoms with Gasteiger partial charge in [-0.1, -0.05) is 0 Å². The van der Waals surface area contributed by atoms with E-state index in [0.717, 1.165) is 24.2 Å². The number of amides is 1. The summed E-state index contributed by atoms with van der Waals surface area (Å²) >= 11 is 0. The van der Waals surface area contributed by atoms with Gasteiger partial charge in [0.25, 0.3) is 0 Å². The molecule has 1 atom stereocenters. The van der Waals surface area contributed by atoms with Crippen LogP contribution < -0.4 is 5.32 Å². The molecule has 146 valence electrons. The zero-order valence-corrected chi connectivity index (χ0v) is 16.0.